The van der Waals surface area contributed by atoms with Crippen molar-refractivity contribution in [1.29, 1.82) is 5.26 Å². The smallest absolute Gasteiger partial charge is 0.404 e. The largest absolute Gasteiger partial charge is 0.465 e. The standard InChI is InChI=1S/C19H14F2N4O4S/c20-13-4-5-16(21)17(9-13)25-18(10-14(24-25)6-7-23-19(26)27)30(28,29)15-3-1-2-12(8-15)11-22/h1-5,8-10,23H,6-7H2,(H,26,27). The third kappa shape index (κ3) is 4.28. The third-order valence-corrected chi connectivity index (χ3v) is 5.79. The van der Waals surface area contributed by atoms with Gasteiger partial charge in [0.1, 0.15) is 17.3 Å². The lowest BCUT2D eigenvalue weighted by Crippen LogP contribution is -2.23. The monoisotopic (exact) mass is 432 g/mol. The molecule has 0 saturated carbocycles. The number of carbonyl (C=O) groups is 1. The molecule has 0 aliphatic heterocycles. The van der Waals surface area contributed by atoms with Crippen molar-refractivity contribution in [3.63, 3.8) is 0 Å². The van der Waals surface area contributed by atoms with E-state index in [2.05, 4.69) is 10.4 Å². The maximum atomic E-state index is 14.4. The normalized spacial score (nSPS) is 11.1. The number of nitriles is 1. The summed E-state index contributed by atoms with van der Waals surface area (Å²) in [6.45, 7) is -0.0681. The Balaban J connectivity index is 2.16. The molecule has 2 aromatic carbocycles. The number of hydrogen-bond donors (Lipinski definition) is 2. The van der Waals surface area contributed by atoms with Gasteiger partial charge in [0, 0.05) is 19.0 Å². The van der Waals surface area contributed by atoms with E-state index in [0.717, 1.165) is 35.0 Å². The number of nitrogens with zero attached hydrogens (tertiary/aromatic N) is 3. The molecule has 0 spiro atoms. The van der Waals surface area contributed by atoms with Crippen LogP contribution in [0.2, 0.25) is 0 Å². The summed E-state index contributed by atoms with van der Waals surface area (Å²) in [6, 6.07) is 10.7. The van der Waals surface area contributed by atoms with Gasteiger partial charge in [0.2, 0.25) is 9.84 Å². The molecule has 8 nitrogen and oxygen atoms in total. The molecule has 1 heterocycles. The molecule has 0 fully saturated rings. The second kappa shape index (κ2) is 8.30. The van der Waals surface area contributed by atoms with E-state index in [0.29, 0.717) is 0 Å². The van der Waals surface area contributed by atoms with Crippen LogP contribution in [0.5, 0.6) is 0 Å². The lowest BCUT2D eigenvalue weighted by molar-refractivity contribution is 0.194. The maximum Gasteiger partial charge on any atom is 0.404 e. The highest BCUT2D eigenvalue weighted by Crippen LogP contribution is 2.26. The van der Waals surface area contributed by atoms with E-state index < -0.39 is 38.3 Å². The Morgan fingerprint density at radius 3 is 2.67 bits per heavy atom. The molecule has 0 aliphatic carbocycles. The Labute approximate surface area is 169 Å². The summed E-state index contributed by atoms with van der Waals surface area (Å²) in [5, 5.41) is 23.4. The van der Waals surface area contributed by atoms with Crippen molar-refractivity contribution >= 4 is 15.9 Å². The van der Waals surface area contributed by atoms with Crippen LogP contribution in [-0.4, -0.2) is 35.9 Å². The predicted octanol–water partition coefficient (Wildman–Crippen LogP) is 2.67. The van der Waals surface area contributed by atoms with E-state index in [1.165, 1.54) is 18.2 Å². The molecular weight excluding hydrogens is 418 g/mol. The highest BCUT2D eigenvalue weighted by Gasteiger charge is 2.26. The second-order valence-corrected chi connectivity index (χ2v) is 8.00. The molecule has 3 rings (SSSR count). The van der Waals surface area contributed by atoms with E-state index in [1.54, 1.807) is 0 Å². The molecule has 11 heteroatoms. The third-order valence-electron chi connectivity index (χ3n) is 4.07. The first-order valence-electron chi connectivity index (χ1n) is 8.49. The summed E-state index contributed by atoms with van der Waals surface area (Å²) in [4.78, 5) is 10.4. The molecule has 0 atom stereocenters. The fourth-order valence-electron chi connectivity index (χ4n) is 2.70. The van der Waals surface area contributed by atoms with Crippen molar-refractivity contribution in [3.8, 4) is 11.8 Å². The number of sulfone groups is 1. The van der Waals surface area contributed by atoms with E-state index in [4.69, 9.17) is 10.4 Å². The zero-order chi connectivity index (χ0) is 21.9. The number of carboxylic acid groups (broad SMARTS) is 1. The van der Waals surface area contributed by atoms with Crippen molar-refractivity contribution in [1.82, 2.24) is 15.1 Å². The van der Waals surface area contributed by atoms with Crippen LogP contribution in [0.15, 0.2) is 58.5 Å². The number of benzene rings is 2. The Hall–Kier alpha value is -3.78. The van der Waals surface area contributed by atoms with Gasteiger partial charge >= 0.3 is 6.09 Å². The minimum atomic E-state index is -4.28. The van der Waals surface area contributed by atoms with E-state index >= 15 is 0 Å². The van der Waals surface area contributed by atoms with Crippen molar-refractivity contribution in [2.45, 2.75) is 16.3 Å². The van der Waals surface area contributed by atoms with Gasteiger partial charge in [0.15, 0.2) is 5.03 Å². The van der Waals surface area contributed by atoms with Crippen LogP contribution in [-0.2, 0) is 16.3 Å². The maximum absolute atomic E-state index is 14.4. The minimum absolute atomic E-state index is 0.0109. The van der Waals surface area contributed by atoms with Gasteiger partial charge in [-0.1, -0.05) is 6.07 Å². The van der Waals surface area contributed by atoms with Crippen molar-refractivity contribution in [3.05, 3.63) is 71.4 Å². The zero-order valence-electron chi connectivity index (χ0n) is 15.2. The van der Waals surface area contributed by atoms with Crippen LogP contribution >= 0.6 is 0 Å². The first kappa shape index (κ1) is 20.9. The van der Waals surface area contributed by atoms with Gasteiger partial charge in [0.25, 0.3) is 0 Å². The van der Waals surface area contributed by atoms with E-state index in [9.17, 15) is 22.0 Å². The fourth-order valence-corrected chi connectivity index (χ4v) is 4.13. The molecule has 0 aliphatic rings. The van der Waals surface area contributed by atoms with Gasteiger partial charge in [-0.15, -0.1) is 0 Å². The summed E-state index contributed by atoms with van der Waals surface area (Å²) >= 11 is 0. The molecule has 1 amide bonds. The van der Waals surface area contributed by atoms with Crippen molar-refractivity contribution < 1.29 is 27.1 Å². The summed E-state index contributed by atoms with van der Waals surface area (Å²) in [7, 11) is -4.28. The molecule has 154 valence electrons. The molecule has 30 heavy (non-hydrogen) atoms. The average molecular weight is 432 g/mol. The Bertz CT molecular complexity index is 1270. The topological polar surface area (TPSA) is 125 Å². The van der Waals surface area contributed by atoms with Gasteiger partial charge in [-0.05, 0) is 36.4 Å². The predicted molar refractivity (Wildman–Crippen MR) is 99.8 cm³/mol. The Morgan fingerprint density at radius 1 is 1.20 bits per heavy atom. The Kier molecular flexibility index (Phi) is 5.79. The van der Waals surface area contributed by atoms with Crippen LogP contribution in [0.3, 0.4) is 0 Å². The minimum Gasteiger partial charge on any atom is -0.465 e. The second-order valence-electron chi connectivity index (χ2n) is 6.11. The number of halogens is 2. The van der Waals surface area contributed by atoms with E-state index in [-0.39, 0.29) is 29.1 Å². The fraction of sp³-hybridized carbons (Fsp3) is 0.105. The van der Waals surface area contributed by atoms with Gasteiger partial charge in [-0.3, -0.25) is 0 Å². The van der Waals surface area contributed by atoms with Crippen molar-refractivity contribution in [2.75, 3.05) is 6.54 Å². The summed E-state index contributed by atoms with van der Waals surface area (Å²) in [6.07, 6.45) is -1.26. The summed E-state index contributed by atoms with van der Waals surface area (Å²) < 4.78 is 55.2. The lowest BCUT2D eigenvalue weighted by atomic mass is 10.2. The molecule has 2 N–H and O–H groups in total. The lowest BCUT2D eigenvalue weighted by Gasteiger charge is -2.10. The first-order chi connectivity index (χ1) is 14.2. The highest BCUT2D eigenvalue weighted by atomic mass is 32.2. The number of rotatable bonds is 6. The quantitative estimate of drug-likeness (QED) is 0.617. The molecular formula is C19H14F2N4O4S. The zero-order valence-corrected chi connectivity index (χ0v) is 16.0. The van der Waals surface area contributed by atoms with Crippen molar-refractivity contribution in [2.24, 2.45) is 0 Å². The molecule has 0 unspecified atom stereocenters. The first-order valence-corrected chi connectivity index (χ1v) is 9.97. The van der Waals surface area contributed by atoms with Crippen LogP contribution < -0.4 is 5.32 Å². The van der Waals surface area contributed by atoms with Crippen LogP contribution in [0.1, 0.15) is 11.3 Å². The molecule has 0 saturated heterocycles. The molecule has 1 aromatic heterocycles. The summed E-state index contributed by atoms with van der Waals surface area (Å²) in [5.41, 5.74) is -0.185. The van der Waals surface area contributed by atoms with E-state index in [1.807, 2.05) is 6.07 Å². The summed E-state index contributed by atoms with van der Waals surface area (Å²) in [5.74, 6) is -1.71. The van der Waals surface area contributed by atoms with Gasteiger partial charge in [-0.2, -0.15) is 10.4 Å². The van der Waals surface area contributed by atoms with Gasteiger partial charge in [0.05, 0.1) is 22.2 Å². The molecule has 3 aromatic rings. The molecule has 0 bridgehead atoms. The highest BCUT2D eigenvalue weighted by molar-refractivity contribution is 7.91. The number of aromatic nitrogens is 2. The van der Waals surface area contributed by atoms with Gasteiger partial charge < -0.3 is 10.4 Å². The SMILES string of the molecule is N#Cc1cccc(S(=O)(=O)c2cc(CCNC(=O)O)nn2-c2cc(F)ccc2F)c1. The van der Waals surface area contributed by atoms with Crippen LogP contribution in [0.4, 0.5) is 13.6 Å². The molecule has 0 radical (unpaired) electrons. The van der Waals surface area contributed by atoms with Crippen LogP contribution in [0.25, 0.3) is 5.69 Å². The average Bonchev–Trinajstić information content (AvgIpc) is 3.14. The number of nitrogens with one attached hydrogen (secondary N) is 1. The number of hydrogen-bond acceptors (Lipinski definition) is 5. The van der Waals surface area contributed by atoms with Gasteiger partial charge in [-0.25, -0.2) is 26.7 Å². The Morgan fingerprint density at radius 2 is 1.97 bits per heavy atom. The number of amides is 1. The van der Waals surface area contributed by atoms with Crippen LogP contribution in [0, 0.1) is 23.0 Å².